The lowest BCUT2D eigenvalue weighted by molar-refractivity contribution is -0.140. The molecule has 0 spiro atoms. The Bertz CT molecular complexity index is 1020. The van der Waals surface area contributed by atoms with Gasteiger partial charge >= 0.3 is 6.18 Å². The van der Waals surface area contributed by atoms with Gasteiger partial charge < -0.3 is 4.90 Å². The van der Waals surface area contributed by atoms with E-state index in [1.54, 1.807) is 37.3 Å². The predicted molar refractivity (Wildman–Crippen MR) is 104 cm³/mol. The van der Waals surface area contributed by atoms with Crippen molar-refractivity contribution in [3.05, 3.63) is 46.7 Å². The van der Waals surface area contributed by atoms with Crippen LogP contribution in [0.15, 0.2) is 30.3 Å². The molecule has 0 bridgehead atoms. The van der Waals surface area contributed by atoms with Crippen molar-refractivity contribution in [3.8, 4) is 11.1 Å². The monoisotopic (exact) mass is 408 g/mol. The maximum atomic E-state index is 13.9. The van der Waals surface area contributed by atoms with E-state index in [0.29, 0.717) is 17.4 Å². The lowest BCUT2D eigenvalue weighted by Gasteiger charge is -2.32. The average Bonchev–Trinajstić information content (AvgIpc) is 3.02. The first-order valence-electron chi connectivity index (χ1n) is 9.23. The number of rotatable bonds is 2. The van der Waals surface area contributed by atoms with Crippen LogP contribution >= 0.6 is 11.6 Å². The molecule has 0 radical (unpaired) electrons. The van der Waals surface area contributed by atoms with E-state index in [-0.39, 0.29) is 21.8 Å². The van der Waals surface area contributed by atoms with Gasteiger partial charge in [-0.3, -0.25) is 0 Å². The first kappa shape index (κ1) is 19.1. The maximum Gasteiger partial charge on any atom is 0.435 e. The summed E-state index contributed by atoms with van der Waals surface area (Å²) in [6, 6.07) is 8.29. The summed E-state index contributed by atoms with van der Waals surface area (Å²) in [5.41, 5.74) is 0.0543. The molecule has 0 amide bonds. The van der Waals surface area contributed by atoms with Crippen molar-refractivity contribution in [2.75, 3.05) is 18.0 Å². The van der Waals surface area contributed by atoms with Crippen LogP contribution in [0.2, 0.25) is 5.02 Å². The summed E-state index contributed by atoms with van der Waals surface area (Å²) in [5, 5.41) is 4.20. The molecule has 1 fully saturated rings. The number of hydrogen-bond donors (Lipinski definition) is 0. The molecule has 2 aromatic heterocycles. The quantitative estimate of drug-likeness (QED) is 0.552. The lowest BCUT2D eigenvalue weighted by atomic mass is 9.99. The third kappa shape index (κ3) is 3.32. The Labute approximate surface area is 165 Å². The molecule has 3 aromatic rings. The number of nitrogens with zero attached hydrogens (tertiary/aromatic N) is 4. The summed E-state index contributed by atoms with van der Waals surface area (Å²) < 4.78 is 42.9. The fraction of sp³-hybridized carbons (Fsp3) is 0.400. The number of aryl methyl sites for hydroxylation is 1. The Kier molecular flexibility index (Phi) is 4.73. The van der Waals surface area contributed by atoms with Crippen molar-refractivity contribution in [1.29, 1.82) is 0 Å². The van der Waals surface area contributed by atoms with Crippen LogP contribution in [0.5, 0.6) is 0 Å². The van der Waals surface area contributed by atoms with E-state index in [2.05, 4.69) is 21.9 Å². The second-order valence-corrected chi connectivity index (χ2v) is 7.77. The predicted octanol–water partition coefficient (Wildman–Crippen LogP) is 5.61. The number of halogens is 4. The van der Waals surface area contributed by atoms with Crippen molar-refractivity contribution < 1.29 is 13.2 Å². The maximum absolute atomic E-state index is 13.9. The fourth-order valence-corrected chi connectivity index (χ4v) is 3.92. The molecule has 1 aliphatic rings. The molecule has 3 heterocycles. The molecule has 0 unspecified atom stereocenters. The number of aromatic nitrogens is 3. The van der Waals surface area contributed by atoms with Crippen LogP contribution in [0, 0.1) is 12.8 Å². The fourth-order valence-electron chi connectivity index (χ4n) is 3.69. The Morgan fingerprint density at radius 2 is 1.82 bits per heavy atom. The van der Waals surface area contributed by atoms with E-state index in [1.807, 2.05) is 0 Å². The van der Waals surface area contributed by atoms with E-state index in [9.17, 15) is 13.2 Å². The normalized spacial score (nSPS) is 16.1. The van der Waals surface area contributed by atoms with Gasteiger partial charge in [-0.15, -0.1) is 0 Å². The SMILES string of the molecule is Cc1cc(N2CCC(C)CC2)n2nc(C(F)(F)F)c(-c3ccccc3Cl)c2n1. The highest BCUT2D eigenvalue weighted by atomic mass is 35.5. The van der Waals surface area contributed by atoms with Crippen molar-refractivity contribution in [2.45, 2.75) is 32.9 Å². The van der Waals surface area contributed by atoms with E-state index < -0.39 is 11.9 Å². The average molecular weight is 409 g/mol. The van der Waals surface area contributed by atoms with Gasteiger partial charge in [0.25, 0.3) is 0 Å². The van der Waals surface area contributed by atoms with Crippen LogP contribution in [-0.4, -0.2) is 27.7 Å². The highest BCUT2D eigenvalue weighted by Crippen LogP contribution is 2.42. The zero-order valence-electron chi connectivity index (χ0n) is 15.6. The summed E-state index contributed by atoms with van der Waals surface area (Å²) in [5.74, 6) is 1.25. The van der Waals surface area contributed by atoms with Crippen LogP contribution in [0.1, 0.15) is 31.2 Å². The van der Waals surface area contributed by atoms with Gasteiger partial charge in [0, 0.05) is 35.4 Å². The summed E-state index contributed by atoms with van der Waals surface area (Å²) in [6.45, 7) is 5.54. The molecule has 1 saturated heterocycles. The topological polar surface area (TPSA) is 33.4 Å². The minimum absolute atomic E-state index is 0.0755. The molecule has 0 aliphatic carbocycles. The molecule has 4 rings (SSSR count). The van der Waals surface area contributed by atoms with Crippen LogP contribution in [0.25, 0.3) is 16.8 Å². The van der Waals surface area contributed by atoms with Gasteiger partial charge in [-0.25, -0.2) is 4.98 Å². The molecule has 4 nitrogen and oxygen atoms in total. The summed E-state index contributed by atoms with van der Waals surface area (Å²) in [7, 11) is 0. The third-order valence-electron chi connectivity index (χ3n) is 5.22. The highest BCUT2D eigenvalue weighted by molar-refractivity contribution is 6.33. The number of fused-ring (bicyclic) bond motifs is 1. The molecule has 0 saturated carbocycles. The second kappa shape index (κ2) is 6.95. The Balaban J connectivity index is 1.99. The standard InChI is InChI=1S/C20H20ClF3N4/c1-12-7-9-27(10-8-12)16-11-13(2)25-19-17(14-5-3-4-6-15(14)21)18(20(22,23)24)26-28(16)19/h3-6,11-12H,7-10H2,1-2H3. The largest absolute Gasteiger partial charge is 0.435 e. The van der Waals surface area contributed by atoms with Crippen LogP contribution in [0.4, 0.5) is 19.0 Å². The van der Waals surface area contributed by atoms with E-state index in [4.69, 9.17) is 11.6 Å². The first-order chi connectivity index (χ1) is 13.3. The Morgan fingerprint density at radius 3 is 2.46 bits per heavy atom. The molecule has 148 valence electrons. The number of hydrogen-bond acceptors (Lipinski definition) is 3. The first-order valence-corrected chi connectivity index (χ1v) is 9.61. The van der Waals surface area contributed by atoms with Crippen LogP contribution < -0.4 is 4.90 Å². The zero-order valence-corrected chi connectivity index (χ0v) is 16.3. The van der Waals surface area contributed by atoms with E-state index >= 15 is 0 Å². The molecular formula is C20H20ClF3N4. The molecule has 28 heavy (non-hydrogen) atoms. The molecule has 1 aromatic carbocycles. The second-order valence-electron chi connectivity index (χ2n) is 7.36. The summed E-state index contributed by atoms with van der Waals surface area (Å²) in [4.78, 5) is 6.50. The van der Waals surface area contributed by atoms with E-state index in [0.717, 1.165) is 25.9 Å². The van der Waals surface area contributed by atoms with Gasteiger partial charge in [0.15, 0.2) is 11.3 Å². The summed E-state index contributed by atoms with van der Waals surface area (Å²) >= 11 is 6.24. The van der Waals surface area contributed by atoms with Crippen LogP contribution in [-0.2, 0) is 6.18 Å². The highest BCUT2D eigenvalue weighted by Gasteiger charge is 2.40. The molecule has 0 atom stereocenters. The number of alkyl halides is 3. The Morgan fingerprint density at radius 1 is 1.14 bits per heavy atom. The van der Waals surface area contributed by atoms with Gasteiger partial charge in [0.1, 0.15) is 5.82 Å². The Hall–Kier alpha value is -2.28. The molecule has 8 heteroatoms. The summed E-state index contributed by atoms with van der Waals surface area (Å²) in [6.07, 6.45) is -2.63. The molecular weight excluding hydrogens is 389 g/mol. The van der Waals surface area contributed by atoms with Crippen molar-refractivity contribution in [3.63, 3.8) is 0 Å². The number of anilines is 1. The van der Waals surface area contributed by atoms with E-state index in [1.165, 1.54) is 4.52 Å². The lowest BCUT2D eigenvalue weighted by Crippen LogP contribution is -2.34. The van der Waals surface area contributed by atoms with Gasteiger partial charge in [-0.2, -0.15) is 22.8 Å². The third-order valence-corrected chi connectivity index (χ3v) is 5.55. The molecule has 0 N–H and O–H groups in total. The minimum atomic E-state index is -4.62. The van der Waals surface area contributed by atoms with Gasteiger partial charge in [0.05, 0.1) is 5.56 Å². The van der Waals surface area contributed by atoms with Gasteiger partial charge in [0.2, 0.25) is 0 Å². The van der Waals surface area contributed by atoms with Gasteiger partial charge in [-0.1, -0.05) is 36.7 Å². The smallest absolute Gasteiger partial charge is 0.356 e. The van der Waals surface area contributed by atoms with Gasteiger partial charge in [-0.05, 0) is 31.7 Å². The number of benzene rings is 1. The minimum Gasteiger partial charge on any atom is -0.356 e. The zero-order chi connectivity index (χ0) is 20.1. The van der Waals surface area contributed by atoms with Crippen LogP contribution in [0.3, 0.4) is 0 Å². The van der Waals surface area contributed by atoms with Crippen molar-refractivity contribution >= 4 is 23.1 Å². The molecule has 1 aliphatic heterocycles. The van der Waals surface area contributed by atoms with Crippen molar-refractivity contribution in [2.24, 2.45) is 5.92 Å². The van der Waals surface area contributed by atoms with Crippen molar-refractivity contribution in [1.82, 2.24) is 14.6 Å². The number of piperidine rings is 1.